The first-order chi connectivity index (χ1) is 10.8. The molecule has 0 aliphatic rings. The van der Waals surface area contributed by atoms with Crippen LogP contribution in [-0.2, 0) is 6.61 Å². The van der Waals surface area contributed by atoms with Crippen molar-refractivity contribution in [1.82, 2.24) is 14.9 Å². The van der Waals surface area contributed by atoms with Crippen LogP contribution in [-0.4, -0.2) is 21.1 Å². The molecule has 22 heavy (non-hydrogen) atoms. The molecule has 0 spiro atoms. The molecule has 0 fully saturated rings. The van der Waals surface area contributed by atoms with Gasteiger partial charge in [0.15, 0.2) is 5.82 Å². The number of nitrogens with zero attached hydrogens (tertiary/aromatic N) is 4. The fraction of sp³-hybridized carbons (Fsp3) is 0.0625. The van der Waals surface area contributed by atoms with Crippen LogP contribution in [0, 0.1) is 0 Å². The lowest BCUT2D eigenvalue weighted by Gasteiger charge is -2.04. The summed E-state index contributed by atoms with van der Waals surface area (Å²) in [6.45, 7) is 0.294. The van der Waals surface area contributed by atoms with Gasteiger partial charge in [-0.2, -0.15) is 5.10 Å². The van der Waals surface area contributed by atoms with E-state index in [1.54, 1.807) is 10.9 Å². The fourth-order valence-corrected chi connectivity index (χ4v) is 1.91. The van der Waals surface area contributed by atoms with E-state index in [9.17, 15) is 0 Å². The average molecular weight is 313 g/mol. The summed E-state index contributed by atoms with van der Waals surface area (Å²) in [5.74, 6) is 1.40. The van der Waals surface area contributed by atoms with E-state index in [-0.39, 0.29) is 0 Å². The van der Waals surface area contributed by atoms with Crippen molar-refractivity contribution in [2.75, 3.05) is 0 Å². The summed E-state index contributed by atoms with van der Waals surface area (Å²) >= 11 is 5.85. The van der Waals surface area contributed by atoms with E-state index in [4.69, 9.17) is 16.3 Å². The van der Waals surface area contributed by atoms with Gasteiger partial charge in [-0.1, -0.05) is 41.9 Å². The lowest BCUT2D eigenvalue weighted by molar-refractivity contribution is 0.291. The molecule has 0 aliphatic carbocycles. The van der Waals surface area contributed by atoms with E-state index in [1.165, 1.54) is 6.33 Å². The number of rotatable bonds is 5. The maximum Gasteiger partial charge on any atom is 0.191 e. The number of benzene rings is 2. The van der Waals surface area contributed by atoms with E-state index in [1.807, 2.05) is 54.6 Å². The topological polar surface area (TPSA) is 52.3 Å². The quantitative estimate of drug-likeness (QED) is 0.679. The van der Waals surface area contributed by atoms with Gasteiger partial charge >= 0.3 is 0 Å². The molecule has 6 heteroatoms. The highest BCUT2D eigenvalue weighted by atomic mass is 35.5. The van der Waals surface area contributed by atoms with Crippen molar-refractivity contribution >= 4 is 17.8 Å². The summed E-state index contributed by atoms with van der Waals surface area (Å²) in [7, 11) is 0. The van der Waals surface area contributed by atoms with Gasteiger partial charge in [-0.15, -0.1) is 10.2 Å². The molecule has 3 aromatic rings. The monoisotopic (exact) mass is 312 g/mol. The van der Waals surface area contributed by atoms with Crippen LogP contribution < -0.4 is 4.74 Å². The highest BCUT2D eigenvalue weighted by Gasteiger charge is 2.04. The maximum absolute atomic E-state index is 5.85. The first-order valence-corrected chi connectivity index (χ1v) is 7.06. The van der Waals surface area contributed by atoms with Crippen molar-refractivity contribution in [3.63, 3.8) is 0 Å². The Morgan fingerprint density at radius 1 is 1.09 bits per heavy atom. The number of para-hydroxylation sites is 1. The second kappa shape index (κ2) is 6.87. The Morgan fingerprint density at radius 2 is 1.86 bits per heavy atom. The molecule has 3 rings (SSSR count). The second-order valence-corrected chi connectivity index (χ2v) is 4.93. The number of halogens is 1. The summed E-state index contributed by atoms with van der Waals surface area (Å²) in [5.41, 5.74) is 0.938. The lowest BCUT2D eigenvalue weighted by Crippen LogP contribution is -2.03. The molecule has 0 atom stereocenters. The first kappa shape index (κ1) is 14.3. The molecule has 0 amide bonds. The summed E-state index contributed by atoms with van der Waals surface area (Å²) < 4.78 is 7.23. The Balaban J connectivity index is 1.68. The zero-order valence-corrected chi connectivity index (χ0v) is 12.4. The van der Waals surface area contributed by atoms with E-state index >= 15 is 0 Å². The Labute approximate surface area is 132 Å². The number of aromatic nitrogens is 3. The normalized spacial score (nSPS) is 11.0. The van der Waals surface area contributed by atoms with Crippen LogP contribution in [0.15, 0.2) is 66.0 Å². The van der Waals surface area contributed by atoms with Crippen LogP contribution in [0.5, 0.6) is 5.75 Å². The summed E-state index contributed by atoms with van der Waals surface area (Å²) in [5, 5.41) is 12.9. The summed E-state index contributed by atoms with van der Waals surface area (Å²) in [6.07, 6.45) is 3.25. The number of hydrogen-bond donors (Lipinski definition) is 0. The summed E-state index contributed by atoms with van der Waals surface area (Å²) in [4.78, 5) is 0. The molecule has 0 aliphatic heterocycles. The van der Waals surface area contributed by atoms with Crippen LogP contribution in [0.4, 0.5) is 0 Å². The van der Waals surface area contributed by atoms with Crippen molar-refractivity contribution in [2.45, 2.75) is 6.61 Å². The van der Waals surface area contributed by atoms with Gasteiger partial charge in [0.2, 0.25) is 0 Å². The van der Waals surface area contributed by atoms with Gasteiger partial charge in [-0.25, -0.2) is 4.68 Å². The standard InChI is InChI=1S/C16H13ClN4O/c17-14-8-6-13(7-9-14)10-19-21-12-18-20-16(21)11-22-15-4-2-1-3-5-15/h1-10,12H,11H2/b19-10+. The van der Waals surface area contributed by atoms with E-state index < -0.39 is 0 Å². The first-order valence-electron chi connectivity index (χ1n) is 6.68. The third-order valence-electron chi connectivity index (χ3n) is 2.91. The van der Waals surface area contributed by atoms with Crippen LogP contribution in [0.1, 0.15) is 11.4 Å². The van der Waals surface area contributed by atoms with Crippen LogP contribution in [0.3, 0.4) is 0 Å². The molecule has 1 aromatic heterocycles. The van der Waals surface area contributed by atoms with Crippen molar-refractivity contribution in [3.05, 3.63) is 77.3 Å². The van der Waals surface area contributed by atoms with Gasteiger partial charge in [-0.3, -0.25) is 0 Å². The number of ether oxygens (including phenoxy) is 1. The fourth-order valence-electron chi connectivity index (χ4n) is 1.79. The highest BCUT2D eigenvalue weighted by molar-refractivity contribution is 6.30. The van der Waals surface area contributed by atoms with Crippen molar-refractivity contribution in [1.29, 1.82) is 0 Å². The van der Waals surface area contributed by atoms with Gasteiger partial charge in [-0.05, 0) is 29.8 Å². The minimum Gasteiger partial charge on any atom is -0.486 e. The summed E-state index contributed by atoms with van der Waals surface area (Å²) in [6, 6.07) is 16.9. The largest absolute Gasteiger partial charge is 0.486 e. The lowest BCUT2D eigenvalue weighted by atomic mass is 10.2. The van der Waals surface area contributed by atoms with E-state index in [0.717, 1.165) is 11.3 Å². The van der Waals surface area contributed by atoms with Crippen LogP contribution >= 0.6 is 11.6 Å². The minimum atomic E-state index is 0.294. The third-order valence-corrected chi connectivity index (χ3v) is 3.16. The predicted octanol–water partition coefficient (Wildman–Crippen LogP) is 3.39. The Hall–Kier alpha value is -2.66. The predicted molar refractivity (Wildman–Crippen MR) is 85.2 cm³/mol. The molecule has 0 N–H and O–H groups in total. The molecule has 0 unspecified atom stereocenters. The Bertz CT molecular complexity index is 753. The van der Waals surface area contributed by atoms with Crippen molar-refractivity contribution in [2.24, 2.45) is 5.10 Å². The third kappa shape index (κ3) is 3.71. The molecule has 0 bridgehead atoms. The van der Waals surface area contributed by atoms with Gasteiger partial charge in [0.1, 0.15) is 18.7 Å². The molecule has 5 nitrogen and oxygen atoms in total. The van der Waals surface area contributed by atoms with Gasteiger partial charge in [0.25, 0.3) is 0 Å². The molecule has 1 heterocycles. The molecule has 2 aromatic carbocycles. The SMILES string of the molecule is Clc1ccc(/C=N/n2cnnc2COc2ccccc2)cc1. The molecule has 0 saturated carbocycles. The highest BCUT2D eigenvalue weighted by Crippen LogP contribution is 2.11. The van der Waals surface area contributed by atoms with E-state index in [2.05, 4.69) is 15.3 Å². The zero-order chi connectivity index (χ0) is 15.2. The molecule has 0 radical (unpaired) electrons. The van der Waals surface area contributed by atoms with E-state index in [0.29, 0.717) is 17.5 Å². The Morgan fingerprint density at radius 3 is 2.64 bits per heavy atom. The molecule has 0 saturated heterocycles. The number of hydrogen-bond acceptors (Lipinski definition) is 4. The zero-order valence-electron chi connectivity index (χ0n) is 11.6. The smallest absolute Gasteiger partial charge is 0.191 e. The second-order valence-electron chi connectivity index (χ2n) is 4.49. The minimum absolute atomic E-state index is 0.294. The van der Waals surface area contributed by atoms with Gasteiger partial charge < -0.3 is 4.74 Å². The van der Waals surface area contributed by atoms with Crippen LogP contribution in [0.2, 0.25) is 5.02 Å². The molecular formula is C16H13ClN4O. The van der Waals surface area contributed by atoms with Gasteiger partial charge in [0, 0.05) is 5.02 Å². The van der Waals surface area contributed by atoms with Crippen molar-refractivity contribution < 1.29 is 4.74 Å². The van der Waals surface area contributed by atoms with Gasteiger partial charge in [0.05, 0.1) is 6.21 Å². The molecule has 110 valence electrons. The van der Waals surface area contributed by atoms with Crippen molar-refractivity contribution in [3.8, 4) is 5.75 Å². The molecular weight excluding hydrogens is 300 g/mol. The maximum atomic E-state index is 5.85. The van der Waals surface area contributed by atoms with Crippen LogP contribution in [0.25, 0.3) is 0 Å². The Kier molecular flexibility index (Phi) is 4.46. The average Bonchev–Trinajstić information content (AvgIpc) is 3.01.